The topological polar surface area (TPSA) is 55.8 Å². The van der Waals surface area contributed by atoms with Crippen LogP contribution in [0.15, 0.2) is 53.8 Å². The van der Waals surface area contributed by atoms with E-state index in [0.29, 0.717) is 6.42 Å². The van der Waals surface area contributed by atoms with Gasteiger partial charge in [0.25, 0.3) is 0 Å². The molecule has 5 nitrogen and oxygen atoms in total. The van der Waals surface area contributed by atoms with Crippen molar-refractivity contribution in [1.82, 2.24) is 4.90 Å². The Morgan fingerprint density at radius 3 is 2.38 bits per heavy atom. The summed E-state index contributed by atoms with van der Waals surface area (Å²) in [6, 6.07) is 10.2. The summed E-state index contributed by atoms with van der Waals surface area (Å²) in [6.07, 6.45) is 5.95. The Balaban J connectivity index is 2.21. The molecule has 0 aliphatic carbocycles. The monoisotopic (exact) mass is 329 g/mol. The number of carbonyl (C=O) groups is 2. The third kappa shape index (κ3) is 4.72. The van der Waals surface area contributed by atoms with Crippen molar-refractivity contribution < 1.29 is 19.1 Å². The van der Waals surface area contributed by atoms with E-state index in [1.165, 1.54) is 19.8 Å². The Morgan fingerprint density at radius 1 is 1.04 bits per heavy atom. The molecule has 0 spiro atoms. The fourth-order valence-electron chi connectivity index (χ4n) is 2.64. The summed E-state index contributed by atoms with van der Waals surface area (Å²) < 4.78 is 9.64. The molecule has 1 aliphatic rings. The molecule has 2 rings (SSSR count). The van der Waals surface area contributed by atoms with Gasteiger partial charge >= 0.3 is 11.9 Å². The van der Waals surface area contributed by atoms with Gasteiger partial charge in [0, 0.05) is 19.3 Å². The van der Waals surface area contributed by atoms with Gasteiger partial charge in [0.05, 0.1) is 25.4 Å². The van der Waals surface area contributed by atoms with E-state index in [4.69, 9.17) is 9.47 Å². The van der Waals surface area contributed by atoms with Crippen LogP contribution >= 0.6 is 0 Å². The van der Waals surface area contributed by atoms with E-state index >= 15 is 0 Å². The summed E-state index contributed by atoms with van der Waals surface area (Å²) in [5, 5.41) is 0. The molecule has 0 fully saturated rings. The minimum absolute atomic E-state index is 0.247. The van der Waals surface area contributed by atoms with Crippen LogP contribution in [0.4, 0.5) is 0 Å². The predicted octanol–water partition coefficient (Wildman–Crippen LogP) is 2.48. The maximum absolute atomic E-state index is 12.1. The normalized spacial score (nSPS) is 19.2. The van der Waals surface area contributed by atoms with Gasteiger partial charge in [-0.25, -0.2) is 9.59 Å². The lowest BCUT2D eigenvalue weighted by atomic mass is 10.0. The van der Waals surface area contributed by atoms with Crippen LogP contribution in [0.5, 0.6) is 0 Å². The summed E-state index contributed by atoms with van der Waals surface area (Å²) in [4.78, 5) is 26.2. The van der Waals surface area contributed by atoms with Crippen molar-refractivity contribution in [3.8, 4) is 0 Å². The first kappa shape index (κ1) is 17.8. The average Bonchev–Trinajstić information content (AvgIpc) is 2.61. The predicted molar refractivity (Wildman–Crippen MR) is 91.2 cm³/mol. The third-order valence-corrected chi connectivity index (χ3v) is 3.94. The molecule has 5 heteroatoms. The van der Waals surface area contributed by atoms with E-state index in [1.54, 1.807) is 12.3 Å². The number of nitrogens with zero attached hydrogens (tertiary/aromatic N) is 1. The second-order valence-corrected chi connectivity index (χ2v) is 5.56. The third-order valence-electron chi connectivity index (χ3n) is 3.94. The molecular weight excluding hydrogens is 306 g/mol. The van der Waals surface area contributed by atoms with Gasteiger partial charge in [0.1, 0.15) is 0 Å². The fraction of sp³-hybridized carbons (Fsp3) is 0.368. The molecule has 0 unspecified atom stereocenters. The Morgan fingerprint density at radius 2 is 1.71 bits per heavy atom. The summed E-state index contributed by atoms with van der Waals surface area (Å²) in [6.45, 7) is 1.58. The quantitative estimate of drug-likeness (QED) is 0.777. The lowest BCUT2D eigenvalue weighted by Crippen LogP contribution is -2.26. The molecule has 1 aromatic rings. The Hall–Kier alpha value is -2.56. The minimum Gasteiger partial charge on any atom is -0.465 e. The summed E-state index contributed by atoms with van der Waals surface area (Å²) >= 11 is 0. The molecule has 0 amide bonds. The summed E-state index contributed by atoms with van der Waals surface area (Å²) in [5.41, 5.74) is 1.75. The summed E-state index contributed by atoms with van der Waals surface area (Å²) in [5.74, 6) is -1.05. The van der Waals surface area contributed by atoms with Gasteiger partial charge in [-0.2, -0.15) is 0 Å². The second-order valence-electron chi connectivity index (χ2n) is 5.56. The SMILES string of the molecule is COC(=O)C1=C/CCCN(CCc2ccccc2)/C=C\1C(=O)OC. The smallest absolute Gasteiger partial charge is 0.340 e. The number of allylic oxidation sites excluding steroid dienone is 1. The molecule has 0 saturated heterocycles. The molecule has 0 radical (unpaired) electrons. The zero-order valence-electron chi connectivity index (χ0n) is 14.2. The van der Waals surface area contributed by atoms with Gasteiger partial charge in [-0.05, 0) is 24.8 Å². The maximum atomic E-state index is 12.1. The number of benzene rings is 1. The maximum Gasteiger partial charge on any atom is 0.340 e. The van der Waals surface area contributed by atoms with Crippen molar-refractivity contribution in [2.45, 2.75) is 19.3 Å². The van der Waals surface area contributed by atoms with Gasteiger partial charge in [-0.3, -0.25) is 0 Å². The van der Waals surface area contributed by atoms with Crippen molar-refractivity contribution in [3.05, 3.63) is 59.3 Å². The van der Waals surface area contributed by atoms with Crippen LogP contribution in [0.1, 0.15) is 18.4 Å². The van der Waals surface area contributed by atoms with Crippen LogP contribution in [-0.2, 0) is 25.5 Å². The molecule has 0 N–H and O–H groups in total. The Kier molecular flexibility index (Phi) is 6.61. The van der Waals surface area contributed by atoms with E-state index in [9.17, 15) is 9.59 Å². The Labute approximate surface area is 142 Å². The molecule has 128 valence electrons. The van der Waals surface area contributed by atoms with Crippen molar-refractivity contribution in [3.63, 3.8) is 0 Å². The number of hydrogen-bond acceptors (Lipinski definition) is 5. The average molecular weight is 329 g/mol. The number of rotatable bonds is 5. The highest BCUT2D eigenvalue weighted by molar-refractivity contribution is 6.06. The van der Waals surface area contributed by atoms with Crippen molar-refractivity contribution in [2.75, 3.05) is 27.3 Å². The van der Waals surface area contributed by atoms with Crippen molar-refractivity contribution in [1.29, 1.82) is 0 Å². The van der Waals surface area contributed by atoms with Crippen LogP contribution in [0.2, 0.25) is 0 Å². The fourth-order valence-corrected chi connectivity index (χ4v) is 2.64. The van der Waals surface area contributed by atoms with Crippen molar-refractivity contribution >= 4 is 11.9 Å². The standard InChI is InChI=1S/C19H23NO4/c1-23-18(21)16-10-6-7-12-20(14-17(16)19(22)24-2)13-11-15-8-4-3-5-9-15/h3-5,8-10,14H,6-7,11-13H2,1-2H3/b16-10+,17-14+. The first-order valence-corrected chi connectivity index (χ1v) is 8.02. The van der Waals surface area contributed by atoms with E-state index in [2.05, 4.69) is 17.0 Å². The first-order chi connectivity index (χ1) is 11.7. The zero-order chi connectivity index (χ0) is 17.4. The van der Waals surface area contributed by atoms with E-state index in [1.807, 2.05) is 18.2 Å². The van der Waals surface area contributed by atoms with Crippen LogP contribution in [0.25, 0.3) is 0 Å². The van der Waals surface area contributed by atoms with Crippen LogP contribution < -0.4 is 0 Å². The highest BCUT2D eigenvalue weighted by atomic mass is 16.5. The van der Waals surface area contributed by atoms with Gasteiger partial charge in [-0.15, -0.1) is 0 Å². The van der Waals surface area contributed by atoms with Crippen LogP contribution in [0, 0.1) is 0 Å². The Bertz CT molecular complexity index is 634. The molecule has 0 atom stereocenters. The van der Waals surface area contributed by atoms with E-state index in [-0.39, 0.29) is 11.1 Å². The molecule has 24 heavy (non-hydrogen) atoms. The first-order valence-electron chi connectivity index (χ1n) is 8.02. The van der Waals surface area contributed by atoms with Gasteiger partial charge in [0.15, 0.2) is 0 Å². The largest absolute Gasteiger partial charge is 0.465 e. The van der Waals surface area contributed by atoms with E-state index in [0.717, 1.165) is 25.9 Å². The molecule has 0 saturated carbocycles. The molecule has 0 aromatic heterocycles. The zero-order valence-corrected chi connectivity index (χ0v) is 14.2. The molecule has 1 aliphatic heterocycles. The summed E-state index contributed by atoms with van der Waals surface area (Å²) in [7, 11) is 2.62. The lowest BCUT2D eigenvalue weighted by molar-refractivity contribution is -0.139. The molecule has 1 aromatic carbocycles. The van der Waals surface area contributed by atoms with Gasteiger partial charge < -0.3 is 14.4 Å². The van der Waals surface area contributed by atoms with E-state index < -0.39 is 11.9 Å². The molecule has 1 heterocycles. The molecular formula is C19H23NO4. The minimum atomic E-state index is -0.529. The van der Waals surface area contributed by atoms with Crippen molar-refractivity contribution in [2.24, 2.45) is 0 Å². The lowest BCUT2D eigenvalue weighted by Gasteiger charge is -2.24. The second kappa shape index (κ2) is 8.91. The van der Waals surface area contributed by atoms with Gasteiger partial charge in [-0.1, -0.05) is 36.4 Å². The van der Waals surface area contributed by atoms with Gasteiger partial charge in [0.2, 0.25) is 0 Å². The number of carbonyl (C=O) groups excluding carboxylic acids is 2. The molecule has 0 bridgehead atoms. The van der Waals surface area contributed by atoms with Crippen LogP contribution in [0.3, 0.4) is 0 Å². The number of methoxy groups -OCH3 is 2. The number of esters is 2. The highest BCUT2D eigenvalue weighted by Gasteiger charge is 2.24. The van der Waals surface area contributed by atoms with Crippen LogP contribution in [-0.4, -0.2) is 44.1 Å². The highest BCUT2D eigenvalue weighted by Crippen LogP contribution is 2.19. The number of hydrogen-bond donors (Lipinski definition) is 0. The number of ether oxygens (including phenoxy) is 2.